The topological polar surface area (TPSA) is 43.8 Å². The molecule has 0 bridgehead atoms. The standard InChI is InChI=1S/C13H25N3/c1-10(2)6-7-11(3)16-9-15-8-12(16)13(4,5)14/h8-11H,6-7,14H2,1-5H3. The predicted molar refractivity (Wildman–Crippen MR) is 68.2 cm³/mol. The second-order valence-corrected chi connectivity index (χ2v) is 5.73. The molecule has 0 amide bonds. The summed E-state index contributed by atoms with van der Waals surface area (Å²) >= 11 is 0. The number of aromatic nitrogens is 2. The average Bonchev–Trinajstić information content (AvgIpc) is 2.61. The van der Waals surface area contributed by atoms with E-state index >= 15 is 0 Å². The van der Waals surface area contributed by atoms with Gasteiger partial charge >= 0.3 is 0 Å². The van der Waals surface area contributed by atoms with E-state index in [0.717, 1.165) is 11.6 Å². The number of hydrogen-bond donors (Lipinski definition) is 1. The Kier molecular flexibility index (Phi) is 4.14. The van der Waals surface area contributed by atoms with Crippen molar-refractivity contribution in [3.05, 3.63) is 18.2 Å². The predicted octanol–water partition coefficient (Wildman–Crippen LogP) is 3.07. The van der Waals surface area contributed by atoms with Crippen molar-refractivity contribution in [3.8, 4) is 0 Å². The fourth-order valence-electron chi connectivity index (χ4n) is 1.87. The molecule has 92 valence electrons. The van der Waals surface area contributed by atoms with Gasteiger partial charge < -0.3 is 10.3 Å². The summed E-state index contributed by atoms with van der Waals surface area (Å²) in [5.41, 5.74) is 6.93. The van der Waals surface area contributed by atoms with Crippen LogP contribution in [0.1, 0.15) is 59.2 Å². The molecular formula is C13H25N3. The van der Waals surface area contributed by atoms with E-state index in [0.29, 0.717) is 6.04 Å². The van der Waals surface area contributed by atoms with E-state index in [-0.39, 0.29) is 5.54 Å². The second-order valence-electron chi connectivity index (χ2n) is 5.73. The maximum absolute atomic E-state index is 6.13. The van der Waals surface area contributed by atoms with Crippen LogP contribution in [0.25, 0.3) is 0 Å². The number of imidazole rings is 1. The monoisotopic (exact) mass is 223 g/mol. The molecule has 0 saturated heterocycles. The van der Waals surface area contributed by atoms with E-state index in [1.54, 1.807) is 0 Å². The van der Waals surface area contributed by atoms with E-state index in [2.05, 4.69) is 30.3 Å². The lowest BCUT2D eigenvalue weighted by Gasteiger charge is -2.24. The van der Waals surface area contributed by atoms with Crippen molar-refractivity contribution in [2.75, 3.05) is 0 Å². The van der Waals surface area contributed by atoms with Crippen LogP contribution in [-0.2, 0) is 5.54 Å². The third kappa shape index (κ3) is 3.34. The van der Waals surface area contributed by atoms with Gasteiger partial charge in [0.2, 0.25) is 0 Å². The van der Waals surface area contributed by atoms with Gasteiger partial charge in [-0.05, 0) is 39.5 Å². The van der Waals surface area contributed by atoms with Crippen LogP contribution in [0.2, 0.25) is 0 Å². The Morgan fingerprint density at radius 3 is 2.44 bits per heavy atom. The summed E-state index contributed by atoms with van der Waals surface area (Å²) < 4.78 is 2.21. The molecule has 16 heavy (non-hydrogen) atoms. The number of hydrogen-bond acceptors (Lipinski definition) is 2. The van der Waals surface area contributed by atoms with Gasteiger partial charge in [0.25, 0.3) is 0 Å². The van der Waals surface area contributed by atoms with E-state index in [1.807, 2.05) is 26.4 Å². The molecule has 1 aromatic heterocycles. The van der Waals surface area contributed by atoms with Crippen molar-refractivity contribution < 1.29 is 0 Å². The molecule has 0 spiro atoms. The van der Waals surface area contributed by atoms with Gasteiger partial charge in [0.15, 0.2) is 0 Å². The molecular weight excluding hydrogens is 198 g/mol. The number of rotatable bonds is 5. The van der Waals surface area contributed by atoms with Crippen LogP contribution in [-0.4, -0.2) is 9.55 Å². The molecule has 0 fully saturated rings. The summed E-state index contributed by atoms with van der Waals surface area (Å²) in [5.74, 6) is 0.750. The van der Waals surface area contributed by atoms with Crippen molar-refractivity contribution in [1.29, 1.82) is 0 Å². The maximum atomic E-state index is 6.13. The van der Waals surface area contributed by atoms with E-state index in [9.17, 15) is 0 Å². The molecule has 0 aromatic carbocycles. The van der Waals surface area contributed by atoms with Gasteiger partial charge in [0.1, 0.15) is 0 Å². The molecule has 1 unspecified atom stereocenters. The first-order valence-corrected chi connectivity index (χ1v) is 6.13. The minimum Gasteiger partial charge on any atom is -0.330 e. The lowest BCUT2D eigenvalue weighted by Crippen LogP contribution is -2.32. The first-order chi connectivity index (χ1) is 7.32. The smallest absolute Gasteiger partial charge is 0.0951 e. The fourth-order valence-corrected chi connectivity index (χ4v) is 1.87. The Labute approximate surface area is 99.1 Å². The van der Waals surface area contributed by atoms with Gasteiger partial charge in [-0.25, -0.2) is 4.98 Å². The Morgan fingerprint density at radius 1 is 1.31 bits per heavy atom. The van der Waals surface area contributed by atoms with Crippen LogP contribution >= 0.6 is 0 Å². The quantitative estimate of drug-likeness (QED) is 0.833. The summed E-state index contributed by atoms with van der Waals surface area (Å²) in [6.45, 7) is 10.8. The van der Waals surface area contributed by atoms with Gasteiger partial charge in [-0.1, -0.05) is 13.8 Å². The zero-order chi connectivity index (χ0) is 12.3. The van der Waals surface area contributed by atoms with Crippen molar-refractivity contribution in [1.82, 2.24) is 9.55 Å². The molecule has 1 rings (SSSR count). The van der Waals surface area contributed by atoms with E-state index in [4.69, 9.17) is 5.73 Å². The lowest BCUT2D eigenvalue weighted by molar-refractivity contribution is 0.402. The molecule has 2 N–H and O–H groups in total. The second kappa shape index (κ2) is 5.00. The van der Waals surface area contributed by atoms with Crippen LogP contribution < -0.4 is 5.73 Å². The van der Waals surface area contributed by atoms with Gasteiger partial charge in [-0.15, -0.1) is 0 Å². The summed E-state index contributed by atoms with van der Waals surface area (Å²) in [7, 11) is 0. The van der Waals surface area contributed by atoms with Crippen LogP contribution in [0.4, 0.5) is 0 Å². The molecule has 3 nitrogen and oxygen atoms in total. The SMILES string of the molecule is CC(C)CCC(C)n1cncc1C(C)(C)N. The summed E-state index contributed by atoms with van der Waals surface area (Å²) in [6, 6.07) is 0.475. The largest absolute Gasteiger partial charge is 0.330 e. The minimum absolute atomic E-state index is 0.317. The zero-order valence-electron chi connectivity index (χ0n) is 11.2. The lowest BCUT2D eigenvalue weighted by atomic mass is 10.0. The van der Waals surface area contributed by atoms with Gasteiger partial charge in [-0.3, -0.25) is 0 Å². The van der Waals surface area contributed by atoms with Gasteiger partial charge in [0.05, 0.1) is 17.6 Å². The fraction of sp³-hybridized carbons (Fsp3) is 0.769. The Hall–Kier alpha value is -0.830. The molecule has 0 aliphatic rings. The van der Waals surface area contributed by atoms with Gasteiger partial charge in [-0.2, -0.15) is 0 Å². The van der Waals surface area contributed by atoms with Crippen LogP contribution in [0, 0.1) is 5.92 Å². The minimum atomic E-state index is -0.317. The van der Waals surface area contributed by atoms with Gasteiger partial charge in [0, 0.05) is 12.2 Å². The maximum Gasteiger partial charge on any atom is 0.0951 e. The number of nitrogens with two attached hydrogens (primary N) is 1. The molecule has 3 heteroatoms. The Bertz CT molecular complexity index is 320. The first-order valence-electron chi connectivity index (χ1n) is 6.13. The van der Waals surface area contributed by atoms with Crippen molar-refractivity contribution in [2.45, 2.75) is 59.0 Å². The average molecular weight is 223 g/mol. The summed E-state index contributed by atoms with van der Waals surface area (Å²) in [5, 5.41) is 0. The van der Waals surface area contributed by atoms with Crippen LogP contribution in [0.5, 0.6) is 0 Å². The highest BCUT2D eigenvalue weighted by Gasteiger charge is 2.21. The molecule has 1 heterocycles. The van der Waals surface area contributed by atoms with Crippen LogP contribution in [0.15, 0.2) is 12.5 Å². The Morgan fingerprint density at radius 2 is 1.94 bits per heavy atom. The normalized spacial score (nSPS) is 14.4. The molecule has 0 aliphatic carbocycles. The van der Waals surface area contributed by atoms with E-state index < -0.39 is 0 Å². The zero-order valence-corrected chi connectivity index (χ0v) is 11.2. The first kappa shape index (κ1) is 13.2. The highest BCUT2D eigenvalue weighted by Crippen LogP contribution is 2.23. The molecule has 0 radical (unpaired) electrons. The van der Waals surface area contributed by atoms with E-state index in [1.165, 1.54) is 12.8 Å². The highest BCUT2D eigenvalue weighted by molar-refractivity contribution is 5.10. The molecule has 0 saturated carbocycles. The molecule has 1 aromatic rings. The third-order valence-electron chi connectivity index (χ3n) is 2.96. The summed E-state index contributed by atoms with van der Waals surface area (Å²) in [4.78, 5) is 4.22. The molecule has 1 atom stereocenters. The number of nitrogens with zero attached hydrogens (tertiary/aromatic N) is 2. The molecule has 0 aliphatic heterocycles. The van der Waals surface area contributed by atoms with Crippen molar-refractivity contribution >= 4 is 0 Å². The summed E-state index contributed by atoms with van der Waals surface area (Å²) in [6.07, 6.45) is 6.20. The Balaban J connectivity index is 2.76. The van der Waals surface area contributed by atoms with Crippen LogP contribution in [0.3, 0.4) is 0 Å². The van der Waals surface area contributed by atoms with Crippen molar-refractivity contribution in [2.24, 2.45) is 11.7 Å². The highest BCUT2D eigenvalue weighted by atomic mass is 15.1. The third-order valence-corrected chi connectivity index (χ3v) is 2.96. The van der Waals surface area contributed by atoms with Crippen molar-refractivity contribution in [3.63, 3.8) is 0 Å².